The fraction of sp³-hybridized carbons (Fsp3) is 0.379. The Hall–Kier alpha value is -3.18. The topological polar surface area (TPSA) is 64.6 Å². The average molecular weight is 460 g/mol. The van der Waals surface area contributed by atoms with Gasteiger partial charge in [0, 0.05) is 35.9 Å². The molecule has 1 aliphatic carbocycles. The van der Waals surface area contributed by atoms with Gasteiger partial charge in [0.25, 0.3) is 0 Å². The number of benzene rings is 2. The molecule has 2 atom stereocenters. The number of ether oxygens (including phenoxy) is 2. The van der Waals surface area contributed by atoms with E-state index < -0.39 is 11.9 Å². The Morgan fingerprint density at radius 2 is 1.71 bits per heavy atom. The Kier molecular flexibility index (Phi) is 7.63. The molecule has 0 bridgehead atoms. The second kappa shape index (κ2) is 10.8. The molecule has 1 N–H and O–H groups in total. The molecule has 4 rings (SSSR count). The Morgan fingerprint density at radius 3 is 2.38 bits per heavy atom. The number of ketones is 1. The molecule has 2 aromatic carbocycles. The minimum Gasteiger partial charge on any atom is -0.460 e. The zero-order chi connectivity index (χ0) is 24.1. The number of rotatable bonds is 8. The van der Waals surface area contributed by atoms with Gasteiger partial charge in [0.1, 0.15) is 6.61 Å². The number of nitrogens with one attached hydrogen (secondary N) is 1. The van der Waals surface area contributed by atoms with Crippen LogP contribution in [0.3, 0.4) is 0 Å². The summed E-state index contributed by atoms with van der Waals surface area (Å²) in [7, 11) is 0. The number of allylic oxidation sites excluding steroid dienone is 3. The maximum Gasteiger partial charge on any atom is 0.336 e. The molecule has 2 aromatic rings. The second-order valence-corrected chi connectivity index (χ2v) is 8.86. The number of hydrogen-bond acceptors (Lipinski definition) is 5. The summed E-state index contributed by atoms with van der Waals surface area (Å²) in [5.74, 6) is -0.639. The lowest BCUT2D eigenvalue weighted by atomic mass is 9.71. The third-order valence-electron chi connectivity index (χ3n) is 6.70. The molecule has 5 heteroatoms. The van der Waals surface area contributed by atoms with E-state index in [1.807, 2.05) is 44.2 Å². The first-order chi connectivity index (χ1) is 16.5. The number of carbonyl (C=O) groups excluding carboxylic acids is 2. The Bertz CT molecular complexity index is 1100. The van der Waals surface area contributed by atoms with E-state index in [0.29, 0.717) is 30.8 Å². The smallest absolute Gasteiger partial charge is 0.336 e. The van der Waals surface area contributed by atoms with Gasteiger partial charge in [0.15, 0.2) is 5.78 Å². The second-order valence-electron chi connectivity index (χ2n) is 8.86. The van der Waals surface area contributed by atoms with Gasteiger partial charge in [-0.1, -0.05) is 61.5 Å². The summed E-state index contributed by atoms with van der Waals surface area (Å²) < 4.78 is 10.9. The van der Waals surface area contributed by atoms with Crippen LogP contribution in [0.4, 0.5) is 0 Å². The fourth-order valence-corrected chi connectivity index (χ4v) is 4.97. The van der Waals surface area contributed by atoms with E-state index in [1.165, 1.54) is 5.56 Å². The molecule has 0 saturated heterocycles. The summed E-state index contributed by atoms with van der Waals surface area (Å²) in [6, 6.07) is 18.4. The highest BCUT2D eigenvalue weighted by Crippen LogP contribution is 2.45. The van der Waals surface area contributed by atoms with Crippen LogP contribution >= 0.6 is 0 Å². The van der Waals surface area contributed by atoms with Crippen LogP contribution in [0.15, 0.2) is 77.1 Å². The highest BCUT2D eigenvalue weighted by molar-refractivity contribution is 6.04. The number of aryl methyl sites for hydroxylation is 1. The van der Waals surface area contributed by atoms with E-state index in [4.69, 9.17) is 9.47 Å². The van der Waals surface area contributed by atoms with Gasteiger partial charge in [-0.2, -0.15) is 0 Å². The molecule has 0 spiro atoms. The first-order valence-electron chi connectivity index (χ1n) is 12.2. The van der Waals surface area contributed by atoms with Gasteiger partial charge in [0.2, 0.25) is 0 Å². The van der Waals surface area contributed by atoms with Crippen LogP contribution in [0.25, 0.3) is 0 Å². The molecule has 1 heterocycles. The van der Waals surface area contributed by atoms with Crippen molar-refractivity contribution in [3.63, 3.8) is 0 Å². The third-order valence-corrected chi connectivity index (χ3v) is 6.70. The minimum absolute atomic E-state index is 0.0827. The quantitative estimate of drug-likeness (QED) is 0.435. The fourth-order valence-electron chi connectivity index (χ4n) is 4.97. The van der Waals surface area contributed by atoms with Crippen LogP contribution in [-0.2, 0) is 25.5 Å². The van der Waals surface area contributed by atoms with E-state index >= 15 is 0 Å². The van der Waals surface area contributed by atoms with Gasteiger partial charge < -0.3 is 14.8 Å². The molecular formula is C29H33NO4. The van der Waals surface area contributed by atoms with Crippen molar-refractivity contribution < 1.29 is 19.1 Å². The summed E-state index contributed by atoms with van der Waals surface area (Å²) in [4.78, 5) is 26.8. The summed E-state index contributed by atoms with van der Waals surface area (Å²) in [5.41, 5.74) is 6.17. The molecule has 0 aromatic heterocycles. The van der Waals surface area contributed by atoms with E-state index in [-0.39, 0.29) is 18.3 Å². The standard InChI is InChI=1S/C29H33NO4/c1-4-20-11-13-22(14-12-20)27-26(29(32)34-16-15-33-5-2)19(3)30-24-17-23(18-25(31)28(24)27)21-9-7-6-8-10-21/h6-14,23,27,30H,4-5,15-18H2,1-3H3/t23-,27-/m0/s1. The number of carbonyl (C=O) groups is 2. The zero-order valence-electron chi connectivity index (χ0n) is 20.2. The Balaban J connectivity index is 1.71. The average Bonchev–Trinajstić information content (AvgIpc) is 2.86. The van der Waals surface area contributed by atoms with Crippen molar-refractivity contribution in [1.82, 2.24) is 5.32 Å². The lowest BCUT2D eigenvalue weighted by molar-refractivity contribution is -0.140. The SMILES string of the molecule is CCOCCOC(=O)C1=C(C)NC2=C(C(=O)C[C@@H](c3ccccc3)C2)[C@H]1c1ccc(CC)cc1. The van der Waals surface area contributed by atoms with E-state index in [1.54, 1.807) is 0 Å². The van der Waals surface area contributed by atoms with Crippen LogP contribution in [0.2, 0.25) is 0 Å². The number of Topliss-reactive ketones (excluding diaryl/α,β-unsaturated/α-hetero) is 1. The molecule has 178 valence electrons. The van der Waals surface area contributed by atoms with Crippen molar-refractivity contribution in [1.29, 1.82) is 0 Å². The Morgan fingerprint density at radius 1 is 0.971 bits per heavy atom. The monoisotopic (exact) mass is 459 g/mol. The van der Waals surface area contributed by atoms with Crippen LogP contribution in [0.1, 0.15) is 62.1 Å². The van der Waals surface area contributed by atoms with Crippen molar-refractivity contribution in [2.45, 2.75) is 51.9 Å². The lowest BCUT2D eigenvalue weighted by Gasteiger charge is -2.36. The number of dihydropyridines is 1. The molecule has 0 radical (unpaired) electrons. The van der Waals surface area contributed by atoms with Crippen LogP contribution < -0.4 is 5.32 Å². The summed E-state index contributed by atoms with van der Waals surface area (Å²) in [5, 5.41) is 3.41. The third kappa shape index (κ3) is 5.00. The number of hydrogen-bond donors (Lipinski definition) is 1. The summed E-state index contributed by atoms with van der Waals surface area (Å²) in [6.07, 6.45) is 2.09. The highest BCUT2D eigenvalue weighted by Gasteiger charge is 2.41. The molecule has 0 amide bonds. The normalized spacial score (nSPS) is 20.1. The van der Waals surface area contributed by atoms with Crippen LogP contribution in [-0.4, -0.2) is 31.6 Å². The maximum atomic E-state index is 13.6. The van der Waals surface area contributed by atoms with Crippen molar-refractivity contribution in [3.05, 3.63) is 93.8 Å². The van der Waals surface area contributed by atoms with Gasteiger partial charge >= 0.3 is 5.97 Å². The maximum absolute atomic E-state index is 13.6. The number of esters is 1. The highest BCUT2D eigenvalue weighted by atomic mass is 16.6. The molecule has 34 heavy (non-hydrogen) atoms. The van der Waals surface area contributed by atoms with Crippen LogP contribution in [0, 0.1) is 0 Å². The predicted molar refractivity (Wildman–Crippen MR) is 132 cm³/mol. The molecule has 0 unspecified atom stereocenters. The van der Waals surface area contributed by atoms with Gasteiger partial charge in [-0.3, -0.25) is 4.79 Å². The van der Waals surface area contributed by atoms with Crippen molar-refractivity contribution in [3.8, 4) is 0 Å². The van der Waals surface area contributed by atoms with Crippen molar-refractivity contribution >= 4 is 11.8 Å². The summed E-state index contributed by atoms with van der Waals surface area (Å²) >= 11 is 0. The first kappa shape index (κ1) is 24.0. The minimum atomic E-state index is -0.439. The first-order valence-corrected chi connectivity index (χ1v) is 12.2. The molecular weight excluding hydrogens is 426 g/mol. The zero-order valence-corrected chi connectivity index (χ0v) is 20.2. The van der Waals surface area contributed by atoms with Crippen molar-refractivity contribution in [2.75, 3.05) is 19.8 Å². The molecule has 0 saturated carbocycles. The van der Waals surface area contributed by atoms with Gasteiger partial charge in [0.05, 0.1) is 12.2 Å². The van der Waals surface area contributed by atoms with Gasteiger partial charge in [-0.15, -0.1) is 0 Å². The van der Waals surface area contributed by atoms with E-state index in [0.717, 1.165) is 35.4 Å². The Labute approximate surface area is 201 Å². The van der Waals surface area contributed by atoms with Gasteiger partial charge in [-0.05, 0) is 49.3 Å². The van der Waals surface area contributed by atoms with Gasteiger partial charge in [-0.25, -0.2) is 4.79 Å². The molecule has 1 aliphatic heterocycles. The molecule has 2 aliphatic rings. The molecule has 5 nitrogen and oxygen atoms in total. The van der Waals surface area contributed by atoms with Crippen LogP contribution in [0.5, 0.6) is 0 Å². The van der Waals surface area contributed by atoms with E-state index in [2.05, 4.69) is 36.5 Å². The van der Waals surface area contributed by atoms with E-state index in [9.17, 15) is 9.59 Å². The van der Waals surface area contributed by atoms with Crippen molar-refractivity contribution in [2.24, 2.45) is 0 Å². The molecule has 0 fully saturated rings. The largest absolute Gasteiger partial charge is 0.460 e. The lowest BCUT2D eigenvalue weighted by Crippen LogP contribution is -2.36. The summed E-state index contributed by atoms with van der Waals surface area (Å²) in [6.45, 7) is 7.01. The predicted octanol–water partition coefficient (Wildman–Crippen LogP) is 5.19.